The first-order chi connectivity index (χ1) is 10.1. The van der Waals surface area contributed by atoms with Crippen LogP contribution in [0.2, 0.25) is 5.02 Å². The van der Waals surface area contributed by atoms with E-state index in [4.69, 9.17) is 16.3 Å². The summed E-state index contributed by atoms with van der Waals surface area (Å²) in [6, 6.07) is 6.45. The van der Waals surface area contributed by atoms with Gasteiger partial charge in [-0.3, -0.25) is 0 Å². The number of nitriles is 1. The van der Waals surface area contributed by atoms with E-state index in [2.05, 4.69) is 16.3 Å². The molecular weight excluding hydrogens is 293 g/mol. The molecule has 1 aromatic heterocycles. The van der Waals surface area contributed by atoms with Gasteiger partial charge in [0.05, 0.1) is 10.7 Å². The monoisotopic (exact) mass is 305 g/mol. The fourth-order valence-corrected chi connectivity index (χ4v) is 2.17. The fourth-order valence-electron chi connectivity index (χ4n) is 2.01. The van der Waals surface area contributed by atoms with Crippen LogP contribution < -0.4 is 4.74 Å². The third-order valence-corrected chi connectivity index (χ3v) is 3.34. The van der Waals surface area contributed by atoms with Gasteiger partial charge >= 0.3 is 0 Å². The summed E-state index contributed by atoms with van der Waals surface area (Å²) >= 11 is 5.70. The van der Waals surface area contributed by atoms with E-state index in [1.54, 1.807) is 6.07 Å². The quantitative estimate of drug-likeness (QED) is 0.854. The summed E-state index contributed by atoms with van der Waals surface area (Å²) in [7, 11) is 0. The van der Waals surface area contributed by atoms with Gasteiger partial charge in [-0.15, -0.1) is 5.10 Å². The smallest absolute Gasteiger partial charge is 0.257 e. The standard InChI is InChI=1S/C15H13ClFN3O/c1-3-9-10(8-18)15(20-19-12(9)4-2)21-13-7-5-6-11(16)14(13)17/h5-7H,3-4H2,1-2H3. The molecule has 6 heteroatoms. The van der Waals surface area contributed by atoms with Crippen molar-refractivity contribution in [2.45, 2.75) is 26.7 Å². The van der Waals surface area contributed by atoms with E-state index in [1.165, 1.54) is 12.1 Å². The maximum absolute atomic E-state index is 13.9. The molecule has 0 atom stereocenters. The maximum atomic E-state index is 13.9. The second kappa shape index (κ2) is 6.51. The number of ether oxygens (including phenoxy) is 1. The van der Waals surface area contributed by atoms with Gasteiger partial charge in [-0.05, 0) is 30.5 Å². The summed E-state index contributed by atoms with van der Waals surface area (Å²) in [6.07, 6.45) is 1.28. The molecule has 0 saturated carbocycles. The first kappa shape index (κ1) is 15.2. The highest BCUT2D eigenvalue weighted by atomic mass is 35.5. The second-order valence-electron chi connectivity index (χ2n) is 4.28. The molecule has 0 aliphatic rings. The van der Waals surface area contributed by atoms with Gasteiger partial charge in [0.15, 0.2) is 11.6 Å². The summed E-state index contributed by atoms with van der Waals surface area (Å²) in [5.74, 6) is -0.783. The van der Waals surface area contributed by atoms with Crippen LogP contribution in [0.3, 0.4) is 0 Å². The number of hydrogen-bond acceptors (Lipinski definition) is 4. The Balaban J connectivity index is 2.50. The van der Waals surface area contributed by atoms with Gasteiger partial charge in [-0.2, -0.15) is 10.4 Å². The Morgan fingerprint density at radius 3 is 2.67 bits per heavy atom. The molecule has 0 aliphatic heterocycles. The van der Waals surface area contributed by atoms with Crippen LogP contribution in [0.5, 0.6) is 11.6 Å². The Morgan fingerprint density at radius 1 is 1.29 bits per heavy atom. The molecule has 1 aromatic carbocycles. The minimum absolute atomic E-state index is 0.00674. The van der Waals surface area contributed by atoms with Crippen molar-refractivity contribution in [2.24, 2.45) is 0 Å². The van der Waals surface area contributed by atoms with Crippen molar-refractivity contribution in [1.29, 1.82) is 5.26 Å². The fraction of sp³-hybridized carbons (Fsp3) is 0.267. The Labute approximate surface area is 127 Å². The molecular formula is C15H13ClFN3O. The van der Waals surface area contributed by atoms with E-state index in [1.807, 2.05) is 13.8 Å². The minimum Gasteiger partial charge on any atom is -0.433 e. The largest absolute Gasteiger partial charge is 0.433 e. The summed E-state index contributed by atoms with van der Waals surface area (Å²) in [6.45, 7) is 3.85. The molecule has 108 valence electrons. The molecule has 0 bridgehead atoms. The Morgan fingerprint density at radius 2 is 2.05 bits per heavy atom. The summed E-state index contributed by atoms with van der Waals surface area (Å²) in [5, 5.41) is 17.2. The molecule has 0 saturated heterocycles. The molecule has 1 heterocycles. The average molecular weight is 306 g/mol. The highest BCUT2D eigenvalue weighted by Crippen LogP contribution is 2.30. The molecule has 0 spiro atoms. The normalized spacial score (nSPS) is 10.2. The van der Waals surface area contributed by atoms with Crippen LogP contribution in [-0.2, 0) is 12.8 Å². The zero-order chi connectivity index (χ0) is 15.4. The maximum Gasteiger partial charge on any atom is 0.257 e. The van der Waals surface area contributed by atoms with Crippen molar-refractivity contribution in [3.8, 4) is 17.7 Å². The number of nitrogens with zero attached hydrogens (tertiary/aromatic N) is 3. The van der Waals surface area contributed by atoms with Gasteiger partial charge in [0.2, 0.25) is 0 Å². The zero-order valence-corrected chi connectivity index (χ0v) is 12.4. The predicted molar refractivity (Wildman–Crippen MR) is 77.0 cm³/mol. The van der Waals surface area contributed by atoms with Gasteiger partial charge in [-0.25, -0.2) is 4.39 Å². The topological polar surface area (TPSA) is 58.8 Å². The lowest BCUT2D eigenvalue weighted by Gasteiger charge is -2.11. The summed E-state index contributed by atoms with van der Waals surface area (Å²) in [4.78, 5) is 0. The van der Waals surface area contributed by atoms with Crippen molar-refractivity contribution in [1.82, 2.24) is 10.2 Å². The van der Waals surface area contributed by atoms with E-state index < -0.39 is 5.82 Å². The number of rotatable bonds is 4. The molecule has 0 radical (unpaired) electrons. The second-order valence-corrected chi connectivity index (χ2v) is 4.69. The molecule has 0 N–H and O–H groups in total. The SMILES string of the molecule is CCc1nnc(Oc2cccc(Cl)c2F)c(C#N)c1CC. The highest BCUT2D eigenvalue weighted by Gasteiger charge is 2.18. The van der Waals surface area contributed by atoms with Crippen LogP contribution in [-0.4, -0.2) is 10.2 Å². The first-order valence-electron chi connectivity index (χ1n) is 6.52. The molecule has 0 aliphatic carbocycles. The molecule has 21 heavy (non-hydrogen) atoms. The molecule has 2 rings (SSSR count). The number of hydrogen-bond donors (Lipinski definition) is 0. The van der Waals surface area contributed by atoms with Gasteiger partial charge in [0.25, 0.3) is 5.88 Å². The van der Waals surface area contributed by atoms with E-state index in [9.17, 15) is 9.65 Å². The molecule has 0 fully saturated rings. The Kier molecular flexibility index (Phi) is 4.71. The average Bonchev–Trinajstić information content (AvgIpc) is 2.51. The van der Waals surface area contributed by atoms with Crippen LogP contribution in [0.15, 0.2) is 18.2 Å². The predicted octanol–water partition coefficient (Wildman–Crippen LogP) is 4.06. The number of aryl methyl sites for hydroxylation is 1. The van der Waals surface area contributed by atoms with Crippen LogP contribution >= 0.6 is 11.6 Å². The number of halogens is 2. The van der Waals surface area contributed by atoms with Crippen molar-refractivity contribution in [3.63, 3.8) is 0 Å². The van der Waals surface area contributed by atoms with E-state index in [0.29, 0.717) is 12.8 Å². The van der Waals surface area contributed by atoms with Crippen LogP contribution in [0.4, 0.5) is 4.39 Å². The van der Waals surface area contributed by atoms with Crippen molar-refractivity contribution < 1.29 is 9.13 Å². The summed E-state index contributed by atoms with van der Waals surface area (Å²) < 4.78 is 19.3. The van der Waals surface area contributed by atoms with Crippen LogP contribution in [0.1, 0.15) is 30.7 Å². The zero-order valence-electron chi connectivity index (χ0n) is 11.7. The molecule has 2 aromatic rings. The van der Waals surface area contributed by atoms with Gasteiger partial charge in [-0.1, -0.05) is 31.5 Å². The van der Waals surface area contributed by atoms with Crippen LogP contribution in [0.25, 0.3) is 0 Å². The lowest BCUT2D eigenvalue weighted by molar-refractivity contribution is 0.419. The van der Waals surface area contributed by atoms with Gasteiger partial charge < -0.3 is 4.74 Å². The lowest BCUT2D eigenvalue weighted by atomic mass is 10.0. The Hall–Kier alpha value is -2.19. The molecule has 0 amide bonds. The first-order valence-corrected chi connectivity index (χ1v) is 6.90. The number of benzene rings is 1. The molecule has 0 unspecified atom stereocenters. The van der Waals surface area contributed by atoms with E-state index in [-0.39, 0.29) is 22.2 Å². The Bertz CT molecular complexity index is 713. The van der Waals surface area contributed by atoms with Crippen molar-refractivity contribution >= 4 is 11.6 Å². The molecule has 4 nitrogen and oxygen atoms in total. The summed E-state index contributed by atoms with van der Waals surface area (Å²) in [5.41, 5.74) is 1.80. The van der Waals surface area contributed by atoms with E-state index in [0.717, 1.165) is 11.3 Å². The lowest BCUT2D eigenvalue weighted by Crippen LogP contribution is -2.05. The third kappa shape index (κ3) is 2.96. The highest BCUT2D eigenvalue weighted by molar-refractivity contribution is 6.30. The van der Waals surface area contributed by atoms with Crippen LogP contribution in [0, 0.1) is 17.1 Å². The van der Waals surface area contributed by atoms with Gasteiger partial charge in [0.1, 0.15) is 11.6 Å². The van der Waals surface area contributed by atoms with Gasteiger partial charge in [0, 0.05) is 0 Å². The van der Waals surface area contributed by atoms with Crippen molar-refractivity contribution in [2.75, 3.05) is 0 Å². The number of aromatic nitrogens is 2. The third-order valence-electron chi connectivity index (χ3n) is 3.05. The van der Waals surface area contributed by atoms with Crippen molar-refractivity contribution in [3.05, 3.63) is 45.9 Å². The van der Waals surface area contributed by atoms with E-state index >= 15 is 0 Å². The minimum atomic E-state index is -0.692.